The monoisotopic (exact) mass is 173 g/mol. The Balaban J connectivity index is 2.73. The second-order valence-corrected chi connectivity index (χ2v) is 2.98. The number of aromatic nitrogens is 1. The summed E-state index contributed by atoms with van der Waals surface area (Å²) in [6, 6.07) is 1.76. The van der Waals surface area contributed by atoms with E-state index in [1.807, 2.05) is 7.05 Å². The average molecular weight is 173 g/mol. The molecule has 0 amide bonds. The number of nitrogens with zero attached hydrogens (tertiary/aromatic N) is 1. The van der Waals surface area contributed by atoms with Crippen LogP contribution in [0.1, 0.15) is 5.56 Å². The first-order valence-electron chi connectivity index (χ1n) is 3.15. The molecule has 1 unspecified atom stereocenters. The lowest BCUT2D eigenvalue weighted by molar-refractivity contribution is 0.528. The van der Waals surface area contributed by atoms with Crippen molar-refractivity contribution in [2.75, 3.05) is 7.05 Å². The molecule has 5 heteroatoms. The molecule has 1 atom stereocenters. The van der Waals surface area contributed by atoms with Gasteiger partial charge in [0.15, 0.2) is 0 Å². The van der Waals surface area contributed by atoms with E-state index >= 15 is 0 Å². The van der Waals surface area contributed by atoms with Gasteiger partial charge in [-0.05, 0) is 18.7 Å². The highest BCUT2D eigenvalue weighted by Gasteiger charge is 1.93. The van der Waals surface area contributed by atoms with Crippen molar-refractivity contribution in [1.29, 1.82) is 0 Å². The molecule has 0 saturated heterocycles. The maximum atomic E-state index is 10.4. The fourth-order valence-corrected chi connectivity index (χ4v) is 1.20. The van der Waals surface area contributed by atoms with Gasteiger partial charge in [0, 0.05) is 18.9 Å². The molecule has 0 spiro atoms. The molecule has 62 valence electrons. The standard InChI is InChI=1S/C6H10N2O2S/c1-7-4-6-2-3-8(5-6)11(9)10/h2-3,5,7H,4H2,1H3,(H,9,10)/p-1. The summed E-state index contributed by atoms with van der Waals surface area (Å²) in [6.07, 6.45) is 3.08. The van der Waals surface area contributed by atoms with E-state index in [9.17, 15) is 8.76 Å². The summed E-state index contributed by atoms with van der Waals surface area (Å²) in [5.41, 5.74) is 0.955. The Morgan fingerprint density at radius 2 is 2.55 bits per heavy atom. The minimum Gasteiger partial charge on any atom is -0.755 e. The van der Waals surface area contributed by atoms with Crippen LogP contribution in [0, 0.1) is 0 Å². The van der Waals surface area contributed by atoms with E-state index in [0.717, 1.165) is 9.54 Å². The fourth-order valence-electron chi connectivity index (χ4n) is 0.820. The maximum Gasteiger partial charge on any atom is 0.0512 e. The van der Waals surface area contributed by atoms with Crippen molar-refractivity contribution in [3.05, 3.63) is 24.0 Å². The average Bonchev–Trinajstić information content (AvgIpc) is 2.37. The largest absolute Gasteiger partial charge is 0.755 e. The van der Waals surface area contributed by atoms with Crippen molar-refractivity contribution in [3.8, 4) is 0 Å². The molecule has 1 heterocycles. The zero-order valence-electron chi connectivity index (χ0n) is 6.11. The van der Waals surface area contributed by atoms with Crippen molar-refractivity contribution in [2.24, 2.45) is 0 Å². The van der Waals surface area contributed by atoms with Gasteiger partial charge < -0.3 is 9.87 Å². The molecule has 0 aliphatic heterocycles. The van der Waals surface area contributed by atoms with Crippen LogP contribution in [-0.4, -0.2) is 19.8 Å². The minimum atomic E-state index is -2.17. The van der Waals surface area contributed by atoms with E-state index in [4.69, 9.17) is 0 Å². The van der Waals surface area contributed by atoms with Crippen LogP contribution < -0.4 is 5.32 Å². The number of hydrogen-bond donors (Lipinski definition) is 1. The normalized spacial score (nSPS) is 13.3. The van der Waals surface area contributed by atoms with Crippen LogP contribution in [0.4, 0.5) is 0 Å². The van der Waals surface area contributed by atoms with Gasteiger partial charge in [0.2, 0.25) is 0 Å². The predicted molar refractivity (Wildman–Crippen MR) is 41.5 cm³/mol. The highest BCUT2D eigenvalue weighted by Crippen LogP contribution is 2.00. The quantitative estimate of drug-likeness (QED) is 0.647. The third-order valence-corrected chi connectivity index (χ3v) is 1.85. The van der Waals surface area contributed by atoms with Crippen LogP contribution in [0.15, 0.2) is 18.5 Å². The van der Waals surface area contributed by atoms with Gasteiger partial charge in [-0.15, -0.1) is 0 Å². The molecule has 0 saturated carbocycles. The van der Waals surface area contributed by atoms with Crippen molar-refractivity contribution < 1.29 is 8.76 Å². The summed E-state index contributed by atoms with van der Waals surface area (Å²) < 4.78 is 21.9. The molecule has 0 bridgehead atoms. The molecule has 0 radical (unpaired) electrons. The molecule has 0 aliphatic carbocycles. The summed E-state index contributed by atoms with van der Waals surface area (Å²) in [5.74, 6) is 0. The smallest absolute Gasteiger partial charge is 0.0512 e. The molecule has 0 fully saturated rings. The van der Waals surface area contributed by atoms with E-state index in [0.29, 0.717) is 6.54 Å². The molecule has 1 aromatic rings. The lowest BCUT2D eigenvalue weighted by Gasteiger charge is -2.03. The van der Waals surface area contributed by atoms with Gasteiger partial charge in [-0.1, -0.05) is 0 Å². The van der Waals surface area contributed by atoms with Gasteiger partial charge >= 0.3 is 0 Å². The van der Waals surface area contributed by atoms with Crippen LogP contribution in [0.2, 0.25) is 0 Å². The van der Waals surface area contributed by atoms with Gasteiger partial charge in [-0.2, -0.15) is 0 Å². The molecular formula is C6H9N2O2S-. The molecule has 1 N–H and O–H groups in total. The van der Waals surface area contributed by atoms with E-state index in [2.05, 4.69) is 5.32 Å². The molecule has 1 rings (SSSR count). The summed E-state index contributed by atoms with van der Waals surface area (Å²) in [4.78, 5) is 0. The Hall–Kier alpha value is -0.650. The van der Waals surface area contributed by atoms with E-state index < -0.39 is 11.3 Å². The lowest BCUT2D eigenvalue weighted by Crippen LogP contribution is -2.04. The number of nitrogens with one attached hydrogen (secondary N) is 1. The first kappa shape index (κ1) is 8.45. The lowest BCUT2D eigenvalue weighted by atomic mass is 10.3. The first-order valence-corrected chi connectivity index (χ1v) is 4.18. The minimum absolute atomic E-state index is 0.685. The van der Waals surface area contributed by atoms with Gasteiger partial charge in [-0.25, -0.2) is 0 Å². The number of rotatable bonds is 3. The van der Waals surface area contributed by atoms with Gasteiger partial charge in [0.05, 0.1) is 11.3 Å². The van der Waals surface area contributed by atoms with E-state index in [1.54, 1.807) is 12.3 Å². The van der Waals surface area contributed by atoms with Crippen molar-refractivity contribution in [1.82, 2.24) is 9.29 Å². The second-order valence-electron chi connectivity index (χ2n) is 2.13. The molecule has 0 aromatic carbocycles. The summed E-state index contributed by atoms with van der Waals surface area (Å²) in [6.45, 7) is 0.685. The van der Waals surface area contributed by atoms with Crippen molar-refractivity contribution in [3.63, 3.8) is 0 Å². The fraction of sp³-hybridized carbons (Fsp3) is 0.333. The Morgan fingerprint density at radius 1 is 1.82 bits per heavy atom. The molecule has 11 heavy (non-hydrogen) atoms. The van der Waals surface area contributed by atoms with Gasteiger partial charge in [-0.3, -0.25) is 8.18 Å². The van der Waals surface area contributed by atoms with Crippen LogP contribution in [-0.2, 0) is 17.8 Å². The van der Waals surface area contributed by atoms with Crippen LogP contribution in [0.25, 0.3) is 0 Å². The zero-order valence-corrected chi connectivity index (χ0v) is 6.93. The summed E-state index contributed by atoms with van der Waals surface area (Å²) in [5, 5.41) is 2.92. The molecule has 1 aromatic heterocycles. The van der Waals surface area contributed by atoms with Crippen molar-refractivity contribution in [2.45, 2.75) is 6.54 Å². The van der Waals surface area contributed by atoms with Gasteiger partial charge in [0.1, 0.15) is 0 Å². The van der Waals surface area contributed by atoms with Crippen molar-refractivity contribution >= 4 is 11.3 Å². The Bertz CT molecular complexity index is 259. The molecule has 0 aliphatic rings. The Morgan fingerprint density at radius 3 is 3.00 bits per heavy atom. The van der Waals surface area contributed by atoms with E-state index in [-0.39, 0.29) is 0 Å². The van der Waals surface area contributed by atoms with Crippen LogP contribution in [0.5, 0.6) is 0 Å². The molecular weight excluding hydrogens is 164 g/mol. The summed E-state index contributed by atoms with van der Waals surface area (Å²) in [7, 11) is 1.81. The molecule has 4 nitrogen and oxygen atoms in total. The van der Waals surface area contributed by atoms with Gasteiger partial charge in [0.25, 0.3) is 0 Å². The second kappa shape index (κ2) is 3.66. The zero-order chi connectivity index (χ0) is 8.27. The maximum absolute atomic E-state index is 10.4. The third kappa shape index (κ3) is 2.14. The summed E-state index contributed by atoms with van der Waals surface area (Å²) >= 11 is -2.17. The Kier molecular flexibility index (Phi) is 2.81. The SMILES string of the molecule is CNCc1ccn(S(=O)[O-])c1. The Labute approximate surface area is 67.6 Å². The van der Waals surface area contributed by atoms with Crippen LogP contribution >= 0.6 is 0 Å². The topological polar surface area (TPSA) is 57.1 Å². The first-order chi connectivity index (χ1) is 5.24. The number of hydrogen-bond acceptors (Lipinski definition) is 3. The third-order valence-electron chi connectivity index (χ3n) is 1.28. The predicted octanol–water partition coefficient (Wildman–Crippen LogP) is -0.150. The highest BCUT2D eigenvalue weighted by atomic mass is 32.2. The van der Waals surface area contributed by atoms with Crippen LogP contribution in [0.3, 0.4) is 0 Å². The van der Waals surface area contributed by atoms with E-state index in [1.165, 1.54) is 6.20 Å². The highest BCUT2D eigenvalue weighted by molar-refractivity contribution is 7.77.